The normalized spacial score (nSPS) is 10.7. The monoisotopic (exact) mass is 347 g/mol. The summed E-state index contributed by atoms with van der Waals surface area (Å²) < 4.78 is 0.952. The van der Waals surface area contributed by atoms with Gasteiger partial charge < -0.3 is 5.32 Å². The van der Waals surface area contributed by atoms with Gasteiger partial charge in [-0.15, -0.1) is 0 Å². The topological polar surface area (TPSA) is 37.8 Å². The Kier molecular flexibility index (Phi) is 3.85. The number of hydrogen-bond donors (Lipinski definition) is 1. The molecular weight excluding hydrogens is 338 g/mol. The standard InChI is InChI=1S/C15H11BrClN3/c16-12-6-11-3-4-14(20-15(11)13(17)7-12)19-9-10-2-1-5-18-8-10/h1-8H,9H2,(H,19,20). The van der Waals surface area contributed by atoms with Crippen molar-refractivity contribution in [2.45, 2.75) is 6.54 Å². The van der Waals surface area contributed by atoms with Gasteiger partial charge in [0.25, 0.3) is 0 Å². The first-order valence-electron chi connectivity index (χ1n) is 6.11. The van der Waals surface area contributed by atoms with Crippen LogP contribution in [0.5, 0.6) is 0 Å². The Morgan fingerprint density at radius 1 is 1.20 bits per heavy atom. The molecule has 3 rings (SSSR count). The second-order valence-electron chi connectivity index (χ2n) is 4.37. The van der Waals surface area contributed by atoms with E-state index < -0.39 is 0 Å². The average molecular weight is 349 g/mol. The summed E-state index contributed by atoms with van der Waals surface area (Å²) in [5.41, 5.74) is 1.90. The van der Waals surface area contributed by atoms with Crippen molar-refractivity contribution in [2.75, 3.05) is 5.32 Å². The summed E-state index contributed by atoms with van der Waals surface area (Å²) in [5, 5.41) is 4.92. The van der Waals surface area contributed by atoms with Crippen molar-refractivity contribution < 1.29 is 0 Å². The smallest absolute Gasteiger partial charge is 0.126 e. The van der Waals surface area contributed by atoms with Crippen molar-refractivity contribution >= 4 is 44.3 Å². The Morgan fingerprint density at radius 2 is 2.10 bits per heavy atom. The third kappa shape index (κ3) is 2.92. The first-order chi connectivity index (χ1) is 9.72. The van der Waals surface area contributed by atoms with Crippen LogP contribution in [-0.2, 0) is 6.54 Å². The van der Waals surface area contributed by atoms with Gasteiger partial charge in [0, 0.05) is 28.8 Å². The highest BCUT2D eigenvalue weighted by Crippen LogP contribution is 2.27. The zero-order valence-electron chi connectivity index (χ0n) is 10.5. The lowest BCUT2D eigenvalue weighted by molar-refractivity contribution is 1.09. The summed E-state index contributed by atoms with van der Waals surface area (Å²) in [5.74, 6) is 0.797. The number of fused-ring (bicyclic) bond motifs is 1. The van der Waals surface area contributed by atoms with E-state index in [0.29, 0.717) is 11.6 Å². The Bertz CT molecular complexity index is 747. The molecule has 0 aliphatic rings. The fraction of sp³-hybridized carbons (Fsp3) is 0.0667. The van der Waals surface area contributed by atoms with Crippen LogP contribution in [0.1, 0.15) is 5.56 Å². The molecule has 1 N–H and O–H groups in total. The lowest BCUT2D eigenvalue weighted by atomic mass is 10.2. The first kappa shape index (κ1) is 13.3. The van der Waals surface area contributed by atoms with Gasteiger partial charge in [-0.05, 0) is 35.9 Å². The molecule has 0 amide bonds. The summed E-state index contributed by atoms with van der Waals surface area (Å²) in [7, 11) is 0. The van der Waals surface area contributed by atoms with Crippen molar-refractivity contribution in [3.63, 3.8) is 0 Å². The van der Waals surface area contributed by atoms with E-state index in [4.69, 9.17) is 11.6 Å². The number of aromatic nitrogens is 2. The molecule has 0 aliphatic heterocycles. The van der Waals surface area contributed by atoms with Crippen molar-refractivity contribution in [1.29, 1.82) is 0 Å². The molecular formula is C15H11BrClN3. The number of rotatable bonds is 3. The van der Waals surface area contributed by atoms with E-state index in [2.05, 4.69) is 31.2 Å². The van der Waals surface area contributed by atoms with Crippen molar-refractivity contribution in [3.8, 4) is 0 Å². The summed E-state index contributed by atoms with van der Waals surface area (Å²) in [6.45, 7) is 0.681. The second-order valence-corrected chi connectivity index (χ2v) is 5.69. The molecule has 3 nitrogen and oxygen atoms in total. The van der Waals surface area contributed by atoms with E-state index >= 15 is 0 Å². The van der Waals surface area contributed by atoms with Crippen LogP contribution in [0.4, 0.5) is 5.82 Å². The minimum Gasteiger partial charge on any atom is -0.366 e. The molecule has 0 fully saturated rings. The molecule has 0 unspecified atom stereocenters. The molecule has 0 aliphatic carbocycles. The predicted octanol–water partition coefficient (Wildman–Crippen LogP) is 4.66. The van der Waals surface area contributed by atoms with Gasteiger partial charge in [-0.3, -0.25) is 4.98 Å². The highest BCUT2D eigenvalue weighted by Gasteiger charge is 2.04. The number of nitrogens with zero attached hydrogens (tertiary/aromatic N) is 2. The Hall–Kier alpha value is -1.65. The molecule has 20 heavy (non-hydrogen) atoms. The number of pyridine rings is 2. The van der Waals surface area contributed by atoms with Crippen LogP contribution in [0.3, 0.4) is 0 Å². The fourth-order valence-electron chi connectivity index (χ4n) is 1.95. The van der Waals surface area contributed by atoms with Crippen molar-refractivity contribution in [3.05, 3.63) is 63.9 Å². The molecule has 0 bridgehead atoms. The van der Waals surface area contributed by atoms with Gasteiger partial charge >= 0.3 is 0 Å². The summed E-state index contributed by atoms with van der Waals surface area (Å²) in [4.78, 5) is 8.63. The van der Waals surface area contributed by atoms with Gasteiger partial charge in [0.2, 0.25) is 0 Å². The SMILES string of the molecule is Clc1cc(Br)cc2ccc(NCc3cccnc3)nc12. The molecule has 3 aromatic rings. The van der Waals surface area contributed by atoms with Crippen LogP contribution in [0.2, 0.25) is 5.02 Å². The molecule has 5 heteroatoms. The first-order valence-corrected chi connectivity index (χ1v) is 7.28. The van der Waals surface area contributed by atoms with Gasteiger partial charge in [-0.1, -0.05) is 33.6 Å². The Balaban J connectivity index is 1.86. The van der Waals surface area contributed by atoms with Crippen LogP contribution < -0.4 is 5.32 Å². The summed E-state index contributed by atoms with van der Waals surface area (Å²) >= 11 is 9.65. The van der Waals surface area contributed by atoms with E-state index in [1.54, 1.807) is 6.20 Å². The lowest BCUT2D eigenvalue weighted by Crippen LogP contribution is -2.01. The second kappa shape index (κ2) is 5.77. The van der Waals surface area contributed by atoms with Gasteiger partial charge in [0.15, 0.2) is 0 Å². The lowest BCUT2D eigenvalue weighted by Gasteiger charge is -2.08. The molecule has 0 saturated carbocycles. The average Bonchev–Trinajstić information content (AvgIpc) is 2.46. The van der Waals surface area contributed by atoms with E-state index in [-0.39, 0.29) is 0 Å². The van der Waals surface area contributed by atoms with E-state index in [1.165, 1.54) is 0 Å². The molecule has 100 valence electrons. The molecule has 2 heterocycles. The number of hydrogen-bond acceptors (Lipinski definition) is 3. The molecule has 0 radical (unpaired) electrons. The van der Waals surface area contributed by atoms with Crippen molar-refractivity contribution in [2.24, 2.45) is 0 Å². The predicted molar refractivity (Wildman–Crippen MR) is 86.0 cm³/mol. The number of anilines is 1. The van der Waals surface area contributed by atoms with Crippen LogP contribution in [-0.4, -0.2) is 9.97 Å². The van der Waals surface area contributed by atoms with Gasteiger partial charge in [-0.2, -0.15) is 0 Å². The highest BCUT2D eigenvalue weighted by molar-refractivity contribution is 9.10. The van der Waals surface area contributed by atoms with Gasteiger partial charge in [0.05, 0.1) is 10.5 Å². The maximum Gasteiger partial charge on any atom is 0.126 e. The number of benzene rings is 1. The summed E-state index contributed by atoms with van der Waals surface area (Å²) in [6, 6.07) is 11.7. The third-order valence-corrected chi connectivity index (χ3v) is 3.65. The Labute approximate surface area is 130 Å². The fourth-order valence-corrected chi connectivity index (χ4v) is 2.83. The number of halogens is 2. The van der Waals surface area contributed by atoms with Crippen molar-refractivity contribution in [1.82, 2.24) is 9.97 Å². The van der Waals surface area contributed by atoms with E-state index in [0.717, 1.165) is 26.8 Å². The zero-order chi connectivity index (χ0) is 13.9. The Morgan fingerprint density at radius 3 is 2.90 bits per heavy atom. The largest absolute Gasteiger partial charge is 0.366 e. The van der Waals surface area contributed by atoms with Crippen LogP contribution in [0.15, 0.2) is 53.3 Å². The third-order valence-electron chi connectivity index (χ3n) is 2.91. The molecule has 1 aromatic carbocycles. The highest BCUT2D eigenvalue weighted by atomic mass is 79.9. The van der Waals surface area contributed by atoms with Gasteiger partial charge in [-0.25, -0.2) is 4.98 Å². The van der Waals surface area contributed by atoms with Gasteiger partial charge in [0.1, 0.15) is 5.82 Å². The number of nitrogens with one attached hydrogen (secondary N) is 1. The maximum absolute atomic E-state index is 6.22. The van der Waals surface area contributed by atoms with Crippen LogP contribution in [0.25, 0.3) is 10.9 Å². The minimum atomic E-state index is 0.638. The maximum atomic E-state index is 6.22. The molecule has 0 atom stereocenters. The van der Waals surface area contributed by atoms with E-state index in [9.17, 15) is 0 Å². The van der Waals surface area contributed by atoms with Crippen LogP contribution in [0, 0.1) is 0 Å². The minimum absolute atomic E-state index is 0.638. The molecule has 0 spiro atoms. The molecule has 0 saturated heterocycles. The quantitative estimate of drug-likeness (QED) is 0.748. The molecule has 2 aromatic heterocycles. The zero-order valence-corrected chi connectivity index (χ0v) is 12.8. The summed E-state index contributed by atoms with van der Waals surface area (Å²) in [6.07, 6.45) is 3.59. The van der Waals surface area contributed by atoms with Crippen LogP contribution >= 0.6 is 27.5 Å². The van der Waals surface area contributed by atoms with E-state index in [1.807, 2.05) is 42.6 Å².